The Balaban J connectivity index is 1.46. The van der Waals surface area contributed by atoms with E-state index in [1.165, 1.54) is 24.4 Å². The minimum atomic E-state index is -0.407. The molecular formula is C21H26N4O4S. The van der Waals surface area contributed by atoms with Gasteiger partial charge < -0.3 is 20.1 Å². The lowest BCUT2D eigenvalue weighted by atomic mass is 10.0. The lowest BCUT2D eigenvalue weighted by Gasteiger charge is -2.31. The second-order valence-corrected chi connectivity index (χ2v) is 7.94. The number of carbonyl (C=O) groups is 2. The zero-order valence-corrected chi connectivity index (χ0v) is 18.0. The van der Waals surface area contributed by atoms with Crippen LogP contribution in [0, 0.1) is 6.92 Å². The van der Waals surface area contributed by atoms with E-state index in [-0.39, 0.29) is 23.6 Å². The standard InChI is InChI=1S/C21H26N4O4S/c1-13-4-6-14(7-5-13)10-17-20(27)23-21(25-24-17)30-12-19(26)22-16-9-8-15(28-2)11-18(16)29-3/h4-9,11,17,21,24-25H,10,12H2,1-3H3,(H,22,26)(H,23,27). The first-order chi connectivity index (χ1) is 14.5. The van der Waals surface area contributed by atoms with Crippen molar-refractivity contribution in [3.05, 3.63) is 53.6 Å². The zero-order chi connectivity index (χ0) is 21.5. The van der Waals surface area contributed by atoms with E-state index < -0.39 is 5.50 Å². The first-order valence-corrected chi connectivity index (χ1v) is 10.5. The molecule has 4 N–H and O–H groups in total. The summed E-state index contributed by atoms with van der Waals surface area (Å²) in [5.74, 6) is 0.986. The number of hydrazine groups is 1. The monoisotopic (exact) mass is 430 g/mol. The van der Waals surface area contributed by atoms with E-state index >= 15 is 0 Å². The fourth-order valence-electron chi connectivity index (χ4n) is 2.94. The molecule has 1 saturated heterocycles. The number of carbonyl (C=O) groups excluding carboxylic acids is 2. The van der Waals surface area contributed by atoms with Crippen LogP contribution in [0.15, 0.2) is 42.5 Å². The number of methoxy groups -OCH3 is 2. The molecule has 0 spiro atoms. The fraction of sp³-hybridized carbons (Fsp3) is 0.333. The van der Waals surface area contributed by atoms with Crippen LogP contribution in [0.3, 0.4) is 0 Å². The van der Waals surface area contributed by atoms with Gasteiger partial charge in [-0.1, -0.05) is 29.8 Å². The molecule has 3 rings (SSSR count). The molecule has 2 atom stereocenters. The maximum absolute atomic E-state index is 12.4. The molecule has 1 aliphatic heterocycles. The Hall–Kier alpha value is -2.75. The van der Waals surface area contributed by atoms with E-state index in [4.69, 9.17) is 9.47 Å². The van der Waals surface area contributed by atoms with Crippen molar-refractivity contribution in [3.8, 4) is 11.5 Å². The Morgan fingerprint density at radius 3 is 2.53 bits per heavy atom. The van der Waals surface area contributed by atoms with E-state index in [2.05, 4.69) is 21.5 Å². The second-order valence-electron chi connectivity index (χ2n) is 6.85. The summed E-state index contributed by atoms with van der Waals surface area (Å²) in [6.07, 6.45) is 0.578. The van der Waals surface area contributed by atoms with E-state index in [1.54, 1.807) is 25.3 Å². The topological polar surface area (TPSA) is 101 Å². The quantitative estimate of drug-likeness (QED) is 0.507. The fourth-order valence-corrected chi connectivity index (χ4v) is 3.68. The molecule has 0 bridgehead atoms. The second kappa shape index (κ2) is 10.3. The number of hydrogen-bond donors (Lipinski definition) is 4. The van der Waals surface area contributed by atoms with Crippen LogP contribution in [-0.2, 0) is 16.0 Å². The van der Waals surface area contributed by atoms with Gasteiger partial charge in [-0.3, -0.25) is 9.59 Å². The van der Waals surface area contributed by atoms with Gasteiger partial charge in [0.2, 0.25) is 11.8 Å². The number of amides is 2. The lowest BCUT2D eigenvalue weighted by Crippen LogP contribution is -2.64. The molecule has 0 radical (unpaired) electrons. The molecule has 2 aromatic rings. The van der Waals surface area contributed by atoms with E-state index in [0.717, 1.165) is 5.56 Å². The van der Waals surface area contributed by atoms with E-state index in [9.17, 15) is 9.59 Å². The minimum Gasteiger partial charge on any atom is -0.497 e. The molecule has 2 amide bonds. The highest BCUT2D eigenvalue weighted by Crippen LogP contribution is 2.29. The summed E-state index contributed by atoms with van der Waals surface area (Å²) in [5, 5.41) is 5.69. The van der Waals surface area contributed by atoms with Crippen molar-refractivity contribution >= 4 is 29.3 Å². The first-order valence-electron chi connectivity index (χ1n) is 9.49. The average Bonchev–Trinajstić information content (AvgIpc) is 2.75. The van der Waals surface area contributed by atoms with Gasteiger partial charge in [0, 0.05) is 6.07 Å². The van der Waals surface area contributed by atoms with Gasteiger partial charge in [0.15, 0.2) is 0 Å². The van der Waals surface area contributed by atoms with Crippen molar-refractivity contribution in [2.75, 3.05) is 25.3 Å². The van der Waals surface area contributed by atoms with Gasteiger partial charge in [0.25, 0.3) is 0 Å². The molecule has 0 saturated carbocycles. The van der Waals surface area contributed by atoms with Crippen molar-refractivity contribution in [1.82, 2.24) is 16.2 Å². The summed E-state index contributed by atoms with van der Waals surface area (Å²) in [6, 6.07) is 12.9. The Kier molecular flexibility index (Phi) is 7.56. The largest absolute Gasteiger partial charge is 0.497 e. The third kappa shape index (κ3) is 5.88. The number of hydrogen-bond acceptors (Lipinski definition) is 7. The van der Waals surface area contributed by atoms with Crippen LogP contribution < -0.4 is 31.0 Å². The molecule has 1 heterocycles. The van der Waals surface area contributed by atoms with Crippen molar-refractivity contribution in [1.29, 1.82) is 0 Å². The Morgan fingerprint density at radius 2 is 1.87 bits per heavy atom. The van der Waals surface area contributed by atoms with Crippen LogP contribution in [-0.4, -0.2) is 43.3 Å². The van der Waals surface area contributed by atoms with Crippen molar-refractivity contribution in [2.45, 2.75) is 24.9 Å². The van der Waals surface area contributed by atoms with Crippen LogP contribution >= 0.6 is 11.8 Å². The predicted molar refractivity (Wildman–Crippen MR) is 118 cm³/mol. The van der Waals surface area contributed by atoms with E-state index in [1.807, 2.05) is 31.2 Å². The number of ether oxygens (including phenoxy) is 2. The Bertz CT molecular complexity index is 891. The molecular weight excluding hydrogens is 404 g/mol. The summed E-state index contributed by atoms with van der Waals surface area (Å²) in [5.41, 5.74) is 8.49. The van der Waals surface area contributed by atoms with E-state index in [0.29, 0.717) is 23.6 Å². The van der Waals surface area contributed by atoms with Crippen molar-refractivity contribution < 1.29 is 19.1 Å². The maximum Gasteiger partial charge on any atom is 0.240 e. The first kappa shape index (κ1) is 21.9. The minimum absolute atomic E-state index is 0.107. The average molecular weight is 431 g/mol. The predicted octanol–water partition coefficient (Wildman–Crippen LogP) is 1.80. The third-order valence-electron chi connectivity index (χ3n) is 4.60. The van der Waals surface area contributed by atoms with Gasteiger partial charge in [0.05, 0.1) is 25.7 Å². The molecule has 1 fully saturated rings. The van der Waals surface area contributed by atoms with Gasteiger partial charge in [-0.15, -0.1) is 11.8 Å². The molecule has 2 aromatic carbocycles. The van der Waals surface area contributed by atoms with Crippen LogP contribution in [0.4, 0.5) is 5.69 Å². The summed E-state index contributed by atoms with van der Waals surface area (Å²) >= 11 is 1.28. The normalized spacial score (nSPS) is 18.4. The highest BCUT2D eigenvalue weighted by molar-refractivity contribution is 8.00. The number of nitrogens with one attached hydrogen (secondary N) is 4. The van der Waals surface area contributed by atoms with Gasteiger partial charge in [-0.05, 0) is 31.0 Å². The molecule has 8 nitrogen and oxygen atoms in total. The van der Waals surface area contributed by atoms with Crippen molar-refractivity contribution in [2.24, 2.45) is 0 Å². The van der Waals surface area contributed by atoms with Crippen molar-refractivity contribution in [3.63, 3.8) is 0 Å². The molecule has 30 heavy (non-hydrogen) atoms. The molecule has 0 aromatic heterocycles. The van der Waals surface area contributed by atoms with Gasteiger partial charge >= 0.3 is 0 Å². The zero-order valence-electron chi connectivity index (χ0n) is 17.2. The number of rotatable bonds is 8. The van der Waals surface area contributed by atoms with Gasteiger partial charge in [-0.2, -0.15) is 0 Å². The number of thioether (sulfide) groups is 1. The SMILES string of the molecule is COc1ccc(NC(=O)CSC2NNC(Cc3ccc(C)cc3)C(=O)N2)c(OC)c1. The molecule has 0 aliphatic carbocycles. The van der Waals surface area contributed by atoms with Crippen LogP contribution in [0.5, 0.6) is 11.5 Å². The molecule has 160 valence electrons. The Labute approximate surface area is 180 Å². The van der Waals surface area contributed by atoms with Gasteiger partial charge in [0.1, 0.15) is 23.0 Å². The van der Waals surface area contributed by atoms with Crippen LogP contribution in [0.2, 0.25) is 0 Å². The van der Waals surface area contributed by atoms with Gasteiger partial charge in [-0.25, -0.2) is 10.9 Å². The van der Waals surface area contributed by atoms with Crippen LogP contribution in [0.25, 0.3) is 0 Å². The molecule has 1 aliphatic rings. The highest BCUT2D eigenvalue weighted by Gasteiger charge is 2.27. The lowest BCUT2D eigenvalue weighted by molar-refractivity contribution is -0.125. The van der Waals surface area contributed by atoms with Crippen LogP contribution in [0.1, 0.15) is 11.1 Å². The molecule has 2 unspecified atom stereocenters. The molecule has 9 heteroatoms. The summed E-state index contributed by atoms with van der Waals surface area (Å²) < 4.78 is 10.4. The maximum atomic E-state index is 12.4. The number of benzene rings is 2. The summed E-state index contributed by atoms with van der Waals surface area (Å²) in [4.78, 5) is 24.7. The number of aryl methyl sites for hydroxylation is 1. The summed E-state index contributed by atoms with van der Waals surface area (Å²) in [6.45, 7) is 2.03. The smallest absolute Gasteiger partial charge is 0.240 e. The number of anilines is 1. The Morgan fingerprint density at radius 1 is 1.10 bits per heavy atom. The summed E-state index contributed by atoms with van der Waals surface area (Å²) in [7, 11) is 3.09. The third-order valence-corrected chi connectivity index (χ3v) is 5.60. The highest BCUT2D eigenvalue weighted by atomic mass is 32.2.